The van der Waals surface area contributed by atoms with Crippen molar-refractivity contribution in [2.24, 2.45) is 0 Å². The number of ether oxygens (including phenoxy) is 3. The molecule has 1 atom stereocenters. The molecule has 5 heteroatoms. The van der Waals surface area contributed by atoms with Crippen LogP contribution in [0.25, 0.3) is 0 Å². The lowest BCUT2D eigenvalue weighted by Crippen LogP contribution is -2.39. The lowest BCUT2D eigenvalue weighted by Gasteiger charge is -2.26. The van der Waals surface area contributed by atoms with Gasteiger partial charge in [-0.25, -0.2) is 0 Å². The molecule has 5 nitrogen and oxygen atoms in total. The van der Waals surface area contributed by atoms with Crippen LogP contribution in [0.4, 0.5) is 0 Å². The van der Waals surface area contributed by atoms with Crippen LogP contribution in [-0.2, 0) is 19.0 Å². The second-order valence-electron chi connectivity index (χ2n) is 3.54. The van der Waals surface area contributed by atoms with Crippen molar-refractivity contribution < 1.29 is 24.1 Å². The van der Waals surface area contributed by atoms with Gasteiger partial charge in [0.15, 0.2) is 0 Å². The maximum absolute atomic E-state index is 10.8. The molecule has 0 aliphatic rings. The van der Waals surface area contributed by atoms with E-state index in [4.69, 9.17) is 14.2 Å². The van der Waals surface area contributed by atoms with E-state index in [9.17, 15) is 9.90 Å². The van der Waals surface area contributed by atoms with Gasteiger partial charge in [0.25, 0.3) is 0 Å². The van der Waals surface area contributed by atoms with Gasteiger partial charge in [-0.15, -0.1) is 0 Å². The Morgan fingerprint density at radius 2 is 1.88 bits per heavy atom. The molecule has 0 saturated carbocycles. The minimum absolute atomic E-state index is 0.0203. The van der Waals surface area contributed by atoms with E-state index in [2.05, 4.69) is 0 Å². The molecule has 0 aromatic carbocycles. The quantitative estimate of drug-likeness (QED) is 0.367. The summed E-state index contributed by atoms with van der Waals surface area (Å²) in [4.78, 5) is 10.8. The monoisotopic (exact) mass is 234 g/mol. The highest BCUT2D eigenvalue weighted by atomic mass is 16.7. The molecule has 0 spiro atoms. The topological polar surface area (TPSA) is 65.0 Å². The van der Waals surface area contributed by atoms with E-state index in [1.807, 2.05) is 13.8 Å². The molecule has 1 unspecified atom stereocenters. The van der Waals surface area contributed by atoms with Gasteiger partial charge in [0.05, 0.1) is 13.2 Å². The molecule has 0 aromatic rings. The van der Waals surface area contributed by atoms with E-state index >= 15 is 0 Å². The summed E-state index contributed by atoms with van der Waals surface area (Å²) >= 11 is 0. The molecule has 0 rings (SSSR count). The van der Waals surface area contributed by atoms with Crippen LogP contribution in [0.3, 0.4) is 0 Å². The van der Waals surface area contributed by atoms with E-state index in [0.717, 1.165) is 0 Å². The zero-order valence-electron chi connectivity index (χ0n) is 10.3. The highest BCUT2D eigenvalue weighted by Gasteiger charge is 2.29. The third kappa shape index (κ3) is 7.62. The Bertz CT molecular complexity index is 195. The molecule has 0 aromatic heterocycles. The second kappa shape index (κ2) is 8.50. The molecule has 1 N–H and O–H groups in total. The van der Waals surface area contributed by atoms with Gasteiger partial charge in [-0.1, -0.05) is 6.92 Å². The van der Waals surface area contributed by atoms with Crippen LogP contribution in [0.5, 0.6) is 0 Å². The summed E-state index contributed by atoms with van der Waals surface area (Å²) < 4.78 is 15.1. The smallest absolute Gasteiger partial charge is 0.305 e. The summed E-state index contributed by atoms with van der Waals surface area (Å²) in [7, 11) is 0. The maximum atomic E-state index is 10.8. The summed E-state index contributed by atoms with van der Waals surface area (Å²) in [6, 6.07) is 0. The van der Waals surface area contributed by atoms with Crippen molar-refractivity contribution in [3.8, 4) is 0 Å². The first kappa shape index (κ1) is 15.3. The average molecular weight is 234 g/mol. The van der Waals surface area contributed by atoms with Crippen LogP contribution in [0.1, 0.15) is 33.6 Å². The Labute approximate surface area is 96.7 Å². The summed E-state index contributed by atoms with van der Waals surface area (Å²) in [5.41, 5.74) is 0. The van der Waals surface area contributed by atoms with Gasteiger partial charge in [0, 0.05) is 20.0 Å². The predicted molar refractivity (Wildman–Crippen MR) is 58.9 cm³/mol. The normalized spacial score (nSPS) is 14.5. The zero-order chi connectivity index (χ0) is 12.4. The summed E-state index contributed by atoms with van der Waals surface area (Å²) in [5, 5.41) is 9.93. The summed E-state index contributed by atoms with van der Waals surface area (Å²) in [6.45, 7) is 6.52. The van der Waals surface area contributed by atoms with Crippen molar-refractivity contribution in [2.45, 2.75) is 39.4 Å². The molecule has 0 amide bonds. The van der Waals surface area contributed by atoms with Gasteiger partial charge in [-0.3, -0.25) is 4.79 Å². The van der Waals surface area contributed by atoms with Gasteiger partial charge < -0.3 is 19.3 Å². The Balaban J connectivity index is 3.87. The maximum Gasteiger partial charge on any atom is 0.305 e. The molecule has 16 heavy (non-hydrogen) atoms. The number of hydrogen-bond acceptors (Lipinski definition) is 5. The van der Waals surface area contributed by atoms with E-state index < -0.39 is 11.8 Å². The Hall–Kier alpha value is -0.650. The fraction of sp³-hybridized carbons (Fsp3) is 0.909. The Morgan fingerprint density at radius 3 is 2.38 bits per heavy atom. The second-order valence-corrected chi connectivity index (χ2v) is 3.54. The summed E-state index contributed by atoms with van der Waals surface area (Å²) in [5.74, 6) is -2.02. The lowest BCUT2D eigenvalue weighted by molar-refractivity contribution is -0.230. The van der Waals surface area contributed by atoms with Gasteiger partial charge in [-0.2, -0.15) is 0 Å². The minimum atomic E-state index is -1.51. The summed E-state index contributed by atoms with van der Waals surface area (Å²) in [6.07, 6.45) is 1.07. The fourth-order valence-corrected chi connectivity index (χ4v) is 1.30. The van der Waals surface area contributed by atoms with E-state index in [1.54, 1.807) is 0 Å². The van der Waals surface area contributed by atoms with Gasteiger partial charge in [0.1, 0.15) is 6.61 Å². The van der Waals surface area contributed by atoms with Gasteiger partial charge >= 0.3 is 5.97 Å². The van der Waals surface area contributed by atoms with Crippen LogP contribution in [0, 0.1) is 0 Å². The first-order chi connectivity index (χ1) is 7.54. The van der Waals surface area contributed by atoms with Crippen LogP contribution >= 0.6 is 0 Å². The Morgan fingerprint density at radius 1 is 1.25 bits per heavy atom. The third-order valence-electron chi connectivity index (χ3n) is 1.88. The molecule has 0 radical (unpaired) electrons. The number of hydrogen-bond donors (Lipinski definition) is 1. The standard InChI is InChI=1S/C11H22O5/c1-4-6-11(13,16-10(3)12)9-15-8-7-14-5-2/h13H,4-9H2,1-3H3. The SMILES string of the molecule is CCCC(O)(COCCOCC)OC(C)=O. The third-order valence-corrected chi connectivity index (χ3v) is 1.88. The number of rotatable bonds is 9. The van der Waals surface area contributed by atoms with Gasteiger partial charge in [-0.05, 0) is 13.3 Å². The fourth-order valence-electron chi connectivity index (χ4n) is 1.30. The van der Waals surface area contributed by atoms with E-state index in [-0.39, 0.29) is 6.61 Å². The first-order valence-corrected chi connectivity index (χ1v) is 5.61. The molecule has 0 aliphatic heterocycles. The molecular formula is C11H22O5. The molecule has 0 saturated heterocycles. The number of carbonyl (C=O) groups excluding carboxylic acids is 1. The van der Waals surface area contributed by atoms with Crippen molar-refractivity contribution in [3.63, 3.8) is 0 Å². The number of esters is 1. The van der Waals surface area contributed by atoms with Crippen LogP contribution < -0.4 is 0 Å². The van der Waals surface area contributed by atoms with E-state index in [0.29, 0.717) is 32.7 Å². The molecule has 96 valence electrons. The van der Waals surface area contributed by atoms with Crippen molar-refractivity contribution in [1.82, 2.24) is 0 Å². The average Bonchev–Trinajstić information content (AvgIpc) is 2.16. The molecule has 0 aliphatic carbocycles. The highest BCUT2D eigenvalue weighted by molar-refractivity contribution is 5.66. The van der Waals surface area contributed by atoms with Crippen LogP contribution in [-0.4, -0.2) is 43.3 Å². The lowest BCUT2D eigenvalue weighted by atomic mass is 10.1. The minimum Gasteiger partial charge on any atom is -0.431 e. The molecule has 0 heterocycles. The number of aliphatic hydroxyl groups is 1. The largest absolute Gasteiger partial charge is 0.431 e. The first-order valence-electron chi connectivity index (χ1n) is 5.61. The van der Waals surface area contributed by atoms with Crippen molar-refractivity contribution in [1.29, 1.82) is 0 Å². The molecule has 0 bridgehead atoms. The predicted octanol–water partition coefficient (Wildman–Crippen LogP) is 1.09. The number of carbonyl (C=O) groups is 1. The van der Waals surface area contributed by atoms with Crippen molar-refractivity contribution in [3.05, 3.63) is 0 Å². The van der Waals surface area contributed by atoms with Crippen LogP contribution in [0.15, 0.2) is 0 Å². The Kier molecular flexibility index (Phi) is 8.15. The van der Waals surface area contributed by atoms with Crippen molar-refractivity contribution >= 4 is 5.97 Å². The van der Waals surface area contributed by atoms with E-state index in [1.165, 1.54) is 6.92 Å². The zero-order valence-corrected chi connectivity index (χ0v) is 10.3. The molecule has 0 fully saturated rings. The highest BCUT2D eigenvalue weighted by Crippen LogP contribution is 2.15. The molecular weight excluding hydrogens is 212 g/mol. The van der Waals surface area contributed by atoms with Gasteiger partial charge in [0.2, 0.25) is 5.79 Å². The van der Waals surface area contributed by atoms with Crippen molar-refractivity contribution in [2.75, 3.05) is 26.4 Å². The van der Waals surface area contributed by atoms with Crippen LogP contribution in [0.2, 0.25) is 0 Å².